The van der Waals surface area contributed by atoms with Gasteiger partial charge in [-0.3, -0.25) is 9.59 Å². The highest BCUT2D eigenvalue weighted by atomic mass is 35.5. The number of rotatable bonds is 7. The number of anilines is 1. The molecule has 2 fully saturated rings. The Hall–Kier alpha value is -2.03. The Balaban J connectivity index is 1.54. The van der Waals surface area contributed by atoms with Gasteiger partial charge in [0.25, 0.3) is 5.91 Å². The van der Waals surface area contributed by atoms with Crippen LogP contribution in [0.15, 0.2) is 12.1 Å². The van der Waals surface area contributed by atoms with Crippen molar-refractivity contribution in [3.8, 4) is 5.75 Å². The van der Waals surface area contributed by atoms with Gasteiger partial charge in [0, 0.05) is 52.3 Å². The van der Waals surface area contributed by atoms with Crippen molar-refractivity contribution in [1.29, 1.82) is 0 Å². The number of ether oxygens (including phenoxy) is 2. The van der Waals surface area contributed by atoms with Gasteiger partial charge >= 0.3 is 0 Å². The van der Waals surface area contributed by atoms with Gasteiger partial charge in [-0.15, -0.1) is 0 Å². The zero-order valence-electron chi connectivity index (χ0n) is 19.2. The minimum absolute atomic E-state index is 0.103. The number of carbonyl (C=O) groups is 2. The van der Waals surface area contributed by atoms with Gasteiger partial charge in [0.1, 0.15) is 5.75 Å². The molecule has 8 nitrogen and oxygen atoms in total. The quantitative estimate of drug-likeness (QED) is 0.599. The van der Waals surface area contributed by atoms with Gasteiger partial charge in [-0.1, -0.05) is 18.5 Å². The van der Waals surface area contributed by atoms with E-state index in [-0.39, 0.29) is 24.0 Å². The van der Waals surface area contributed by atoms with Crippen LogP contribution in [0.1, 0.15) is 43.0 Å². The molecular weight excluding hydrogens is 432 g/mol. The number of nitrogens with zero attached hydrogens (tertiary/aromatic N) is 2. The molecule has 9 heteroatoms. The number of halogens is 1. The third-order valence-corrected chi connectivity index (χ3v) is 6.94. The molecule has 2 saturated heterocycles. The van der Waals surface area contributed by atoms with Gasteiger partial charge in [0.15, 0.2) is 0 Å². The predicted molar refractivity (Wildman–Crippen MR) is 125 cm³/mol. The van der Waals surface area contributed by atoms with E-state index in [1.807, 2.05) is 11.8 Å². The van der Waals surface area contributed by atoms with Crippen molar-refractivity contribution in [1.82, 2.24) is 15.1 Å². The fourth-order valence-electron chi connectivity index (χ4n) is 4.67. The number of amides is 2. The first-order valence-corrected chi connectivity index (χ1v) is 11.7. The van der Waals surface area contributed by atoms with Crippen LogP contribution in [0, 0.1) is 5.92 Å². The van der Waals surface area contributed by atoms with Gasteiger partial charge in [0.2, 0.25) is 5.91 Å². The monoisotopic (exact) mass is 466 g/mol. The van der Waals surface area contributed by atoms with E-state index in [4.69, 9.17) is 26.8 Å². The number of nitrogens with two attached hydrogens (primary N) is 1. The summed E-state index contributed by atoms with van der Waals surface area (Å²) >= 11 is 6.12. The maximum atomic E-state index is 12.9. The zero-order chi connectivity index (χ0) is 23.3. The van der Waals surface area contributed by atoms with Crippen molar-refractivity contribution >= 4 is 29.1 Å². The Morgan fingerprint density at radius 2 is 1.91 bits per heavy atom. The summed E-state index contributed by atoms with van der Waals surface area (Å²) in [5.74, 6) is 0.972. The van der Waals surface area contributed by atoms with Crippen LogP contribution in [0.2, 0.25) is 5.02 Å². The summed E-state index contributed by atoms with van der Waals surface area (Å²) in [4.78, 5) is 29.2. The van der Waals surface area contributed by atoms with Crippen LogP contribution in [0.4, 0.5) is 5.69 Å². The number of benzene rings is 1. The maximum Gasteiger partial charge on any atom is 0.255 e. The molecule has 2 amide bonds. The number of carbonyl (C=O) groups excluding carboxylic acids is 2. The van der Waals surface area contributed by atoms with E-state index in [0.29, 0.717) is 34.4 Å². The zero-order valence-corrected chi connectivity index (χ0v) is 20.0. The molecule has 0 bridgehead atoms. The Bertz CT molecular complexity index is 813. The normalized spacial score (nSPS) is 22.6. The van der Waals surface area contributed by atoms with Crippen LogP contribution < -0.4 is 15.8 Å². The van der Waals surface area contributed by atoms with Gasteiger partial charge in [0.05, 0.1) is 35.5 Å². The van der Waals surface area contributed by atoms with Gasteiger partial charge in [-0.2, -0.15) is 0 Å². The molecule has 0 aliphatic carbocycles. The summed E-state index contributed by atoms with van der Waals surface area (Å²) in [6, 6.07) is 3.00. The van der Waals surface area contributed by atoms with E-state index < -0.39 is 0 Å². The van der Waals surface area contributed by atoms with E-state index in [2.05, 4.69) is 10.2 Å². The standard InChI is InChI=1S/C23H35ClN4O4/c1-4-22(29)28-9-5-15(6-10-28)13-27-8-7-19(21(14-27)32-3)26-23(30)16-11-17(24)18(25)12-20(16)31-2/h11-12,15,19,21H,4-10,13-14,25H2,1-3H3,(H,26,30). The minimum Gasteiger partial charge on any atom is -0.496 e. The number of hydrogen-bond acceptors (Lipinski definition) is 6. The van der Waals surface area contributed by atoms with Crippen LogP contribution in [0.25, 0.3) is 0 Å². The molecule has 2 unspecified atom stereocenters. The number of nitrogens with one attached hydrogen (secondary N) is 1. The first-order chi connectivity index (χ1) is 15.4. The molecule has 2 aliphatic rings. The van der Waals surface area contributed by atoms with E-state index in [1.165, 1.54) is 13.2 Å². The average molecular weight is 467 g/mol. The molecule has 1 aromatic carbocycles. The highest BCUT2D eigenvalue weighted by molar-refractivity contribution is 6.33. The molecule has 178 valence electrons. The van der Waals surface area contributed by atoms with Crippen molar-refractivity contribution in [3.63, 3.8) is 0 Å². The number of piperidine rings is 2. The van der Waals surface area contributed by atoms with Crippen LogP contribution in [0.5, 0.6) is 5.75 Å². The number of nitrogen functional groups attached to an aromatic ring is 1. The number of hydrogen-bond donors (Lipinski definition) is 2. The van der Waals surface area contributed by atoms with Crippen LogP contribution >= 0.6 is 11.6 Å². The molecule has 0 radical (unpaired) electrons. The summed E-state index contributed by atoms with van der Waals surface area (Å²) in [6.45, 7) is 6.26. The lowest BCUT2D eigenvalue weighted by Crippen LogP contribution is -2.55. The predicted octanol–water partition coefficient (Wildman–Crippen LogP) is 2.40. The summed E-state index contributed by atoms with van der Waals surface area (Å²) in [6.07, 6.45) is 3.34. The second-order valence-corrected chi connectivity index (χ2v) is 9.06. The third-order valence-electron chi connectivity index (χ3n) is 6.61. The van der Waals surface area contributed by atoms with Crippen molar-refractivity contribution in [2.75, 3.05) is 52.7 Å². The average Bonchev–Trinajstić information content (AvgIpc) is 2.81. The summed E-state index contributed by atoms with van der Waals surface area (Å²) in [5.41, 5.74) is 6.55. The van der Waals surface area contributed by atoms with Gasteiger partial charge < -0.3 is 30.3 Å². The lowest BCUT2D eigenvalue weighted by Gasteiger charge is -2.41. The van der Waals surface area contributed by atoms with E-state index in [0.717, 1.165) is 52.0 Å². The van der Waals surface area contributed by atoms with E-state index >= 15 is 0 Å². The molecule has 3 rings (SSSR count). The third kappa shape index (κ3) is 5.85. The van der Waals surface area contributed by atoms with Gasteiger partial charge in [-0.25, -0.2) is 0 Å². The fraction of sp³-hybridized carbons (Fsp3) is 0.652. The van der Waals surface area contributed by atoms with Crippen LogP contribution in [-0.2, 0) is 9.53 Å². The highest BCUT2D eigenvalue weighted by Crippen LogP contribution is 2.29. The minimum atomic E-state index is -0.253. The Morgan fingerprint density at radius 3 is 2.53 bits per heavy atom. The summed E-state index contributed by atoms with van der Waals surface area (Å²) in [7, 11) is 3.18. The molecule has 2 heterocycles. The second kappa shape index (κ2) is 11.2. The largest absolute Gasteiger partial charge is 0.496 e. The molecule has 1 aromatic rings. The summed E-state index contributed by atoms with van der Waals surface area (Å²) < 4.78 is 11.0. The molecule has 0 saturated carbocycles. The fourth-order valence-corrected chi connectivity index (χ4v) is 4.83. The number of likely N-dealkylation sites (tertiary alicyclic amines) is 2. The van der Waals surface area contributed by atoms with Crippen molar-refractivity contribution in [2.45, 2.75) is 44.8 Å². The van der Waals surface area contributed by atoms with Crippen LogP contribution in [0.3, 0.4) is 0 Å². The second-order valence-electron chi connectivity index (χ2n) is 8.65. The number of methoxy groups -OCH3 is 2. The Morgan fingerprint density at radius 1 is 1.19 bits per heavy atom. The van der Waals surface area contributed by atoms with Gasteiger partial charge in [-0.05, 0) is 31.2 Å². The topological polar surface area (TPSA) is 97.1 Å². The molecule has 2 atom stereocenters. The lowest BCUT2D eigenvalue weighted by molar-refractivity contribution is -0.132. The first-order valence-electron chi connectivity index (χ1n) is 11.3. The van der Waals surface area contributed by atoms with Crippen LogP contribution in [-0.4, -0.2) is 80.7 Å². The molecular formula is C23H35ClN4O4. The van der Waals surface area contributed by atoms with Crippen molar-refractivity contribution < 1.29 is 19.1 Å². The molecule has 2 aliphatic heterocycles. The smallest absolute Gasteiger partial charge is 0.255 e. The lowest BCUT2D eigenvalue weighted by atomic mass is 9.93. The Kier molecular flexibility index (Phi) is 8.62. The van der Waals surface area contributed by atoms with Crippen molar-refractivity contribution in [2.24, 2.45) is 5.92 Å². The first kappa shape index (κ1) is 24.6. The maximum absolute atomic E-state index is 12.9. The SMILES string of the molecule is CCC(=O)N1CCC(CN2CCC(NC(=O)c3cc(Cl)c(N)cc3OC)C(OC)C2)CC1. The molecule has 3 N–H and O–H groups in total. The summed E-state index contributed by atoms with van der Waals surface area (Å²) in [5, 5.41) is 3.41. The molecule has 0 spiro atoms. The molecule has 32 heavy (non-hydrogen) atoms. The highest BCUT2D eigenvalue weighted by Gasteiger charge is 2.33. The molecule has 0 aromatic heterocycles. The van der Waals surface area contributed by atoms with E-state index in [9.17, 15) is 9.59 Å². The van der Waals surface area contributed by atoms with E-state index in [1.54, 1.807) is 13.2 Å². The Labute approximate surface area is 195 Å². The van der Waals surface area contributed by atoms with Crippen molar-refractivity contribution in [3.05, 3.63) is 22.7 Å².